The Hall–Kier alpha value is -2.04. The summed E-state index contributed by atoms with van der Waals surface area (Å²) in [5, 5.41) is 9.05. The van der Waals surface area contributed by atoms with E-state index in [0.29, 0.717) is 0 Å². The number of rotatable bonds is 1. The zero-order valence-corrected chi connectivity index (χ0v) is 9.00. The Morgan fingerprint density at radius 1 is 0.889 bits per heavy atom. The predicted molar refractivity (Wildman–Crippen MR) is 58.5 cm³/mol. The summed E-state index contributed by atoms with van der Waals surface area (Å²) in [5.74, 6) is -1.23. The van der Waals surface area contributed by atoms with Crippen molar-refractivity contribution >= 4 is 0 Å². The molecule has 0 saturated heterocycles. The summed E-state index contributed by atoms with van der Waals surface area (Å²) in [6.07, 6.45) is -4.55. The molecule has 1 N–H and O–H groups in total. The maximum absolute atomic E-state index is 13.6. The van der Waals surface area contributed by atoms with Crippen LogP contribution in [0.15, 0.2) is 42.5 Å². The Morgan fingerprint density at radius 3 is 2.17 bits per heavy atom. The van der Waals surface area contributed by atoms with Gasteiger partial charge in [-0.25, -0.2) is 4.39 Å². The van der Waals surface area contributed by atoms with Crippen LogP contribution in [0.4, 0.5) is 17.6 Å². The molecule has 2 aromatic carbocycles. The predicted octanol–water partition coefficient (Wildman–Crippen LogP) is 4.22. The second kappa shape index (κ2) is 4.33. The second-order valence-corrected chi connectivity index (χ2v) is 3.71. The monoisotopic (exact) mass is 256 g/mol. The lowest BCUT2D eigenvalue weighted by molar-refractivity contribution is -0.137. The molecule has 94 valence electrons. The summed E-state index contributed by atoms with van der Waals surface area (Å²) in [4.78, 5) is 0. The van der Waals surface area contributed by atoms with Crippen molar-refractivity contribution < 1.29 is 22.7 Å². The van der Waals surface area contributed by atoms with E-state index in [4.69, 9.17) is 5.11 Å². The van der Waals surface area contributed by atoms with Crippen LogP contribution in [0, 0.1) is 5.82 Å². The van der Waals surface area contributed by atoms with Crippen molar-refractivity contribution in [2.45, 2.75) is 6.18 Å². The van der Waals surface area contributed by atoms with Gasteiger partial charge in [0, 0.05) is 11.6 Å². The molecule has 5 heteroatoms. The average molecular weight is 256 g/mol. The van der Waals surface area contributed by atoms with Gasteiger partial charge < -0.3 is 5.11 Å². The van der Waals surface area contributed by atoms with Crippen LogP contribution in [0.5, 0.6) is 5.75 Å². The van der Waals surface area contributed by atoms with Gasteiger partial charge in [-0.05, 0) is 23.8 Å². The molecule has 0 aliphatic carbocycles. The number of alkyl halides is 3. The highest BCUT2D eigenvalue weighted by Gasteiger charge is 2.33. The summed E-state index contributed by atoms with van der Waals surface area (Å²) < 4.78 is 51.9. The minimum atomic E-state index is -4.55. The first-order valence-corrected chi connectivity index (χ1v) is 5.04. The van der Waals surface area contributed by atoms with Crippen molar-refractivity contribution in [1.82, 2.24) is 0 Å². The number of phenolic OH excluding ortho intramolecular Hbond substituents is 1. The van der Waals surface area contributed by atoms with Gasteiger partial charge >= 0.3 is 6.18 Å². The topological polar surface area (TPSA) is 20.2 Å². The molecular weight excluding hydrogens is 248 g/mol. The van der Waals surface area contributed by atoms with E-state index in [9.17, 15) is 17.6 Å². The van der Waals surface area contributed by atoms with E-state index in [1.807, 2.05) is 0 Å². The molecule has 0 amide bonds. The lowest BCUT2D eigenvalue weighted by Gasteiger charge is -2.13. The minimum Gasteiger partial charge on any atom is -0.508 e. The Kier molecular flexibility index (Phi) is 2.98. The third-order valence-corrected chi connectivity index (χ3v) is 2.48. The van der Waals surface area contributed by atoms with Crippen molar-refractivity contribution in [2.24, 2.45) is 0 Å². The first-order chi connectivity index (χ1) is 8.39. The highest BCUT2D eigenvalue weighted by molar-refractivity contribution is 5.69. The fourth-order valence-corrected chi connectivity index (χ4v) is 1.69. The van der Waals surface area contributed by atoms with Crippen LogP contribution in [0.3, 0.4) is 0 Å². The Morgan fingerprint density at radius 2 is 1.56 bits per heavy atom. The maximum atomic E-state index is 13.6. The smallest absolute Gasteiger partial charge is 0.417 e. The zero-order valence-electron chi connectivity index (χ0n) is 9.00. The molecule has 0 heterocycles. The summed E-state index contributed by atoms with van der Waals surface area (Å²) in [6, 6.07) is 7.77. The Balaban J connectivity index is 2.64. The van der Waals surface area contributed by atoms with Crippen LogP contribution in [-0.4, -0.2) is 5.11 Å². The molecule has 18 heavy (non-hydrogen) atoms. The number of hydrogen-bond donors (Lipinski definition) is 1. The first-order valence-electron chi connectivity index (χ1n) is 5.04. The molecule has 0 saturated carbocycles. The molecule has 0 aliphatic heterocycles. The molecule has 0 aliphatic rings. The number of benzene rings is 2. The largest absolute Gasteiger partial charge is 0.508 e. The molecule has 0 atom stereocenters. The van der Waals surface area contributed by atoms with E-state index in [-0.39, 0.29) is 16.9 Å². The number of halogens is 4. The van der Waals surface area contributed by atoms with E-state index in [0.717, 1.165) is 24.3 Å². The molecular formula is C13H8F4O. The summed E-state index contributed by atoms with van der Waals surface area (Å²) in [7, 11) is 0. The average Bonchev–Trinajstić information content (AvgIpc) is 2.28. The van der Waals surface area contributed by atoms with Gasteiger partial charge in [0.25, 0.3) is 0 Å². The SMILES string of the molecule is Oc1ccc(-c2ccccc2C(F)(F)F)c(F)c1. The first kappa shape index (κ1) is 12.4. The fourth-order valence-electron chi connectivity index (χ4n) is 1.69. The molecule has 0 fully saturated rings. The number of hydrogen-bond acceptors (Lipinski definition) is 1. The van der Waals surface area contributed by atoms with Gasteiger partial charge in [0.2, 0.25) is 0 Å². The van der Waals surface area contributed by atoms with Crippen LogP contribution >= 0.6 is 0 Å². The maximum Gasteiger partial charge on any atom is 0.417 e. The van der Waals surface area contributed by atoms with E-state index < -0.39 is 17.6 Å². The summed E-state index contributed by atoms with van der Waals surface area (Å²) >= 11 is 0. The fraction of sp³-hybridized carbons (Fsp3) is 0.0769. The van der Waals surface area contributed by atoms with Crippen molar-refractivity contribution in [3.05, 3.63) is 53.8 Å². The van der Waals surface area contributed by atoms with Crippen molar-refractivity contribution in [2.75, 3.05) is 0 Å². The molecule has 0 unspecified atom stereocenters. The third-order valence-electron chi connectivity index (χ3n) is 2.48. The molecule has 2 rings (SSSR count). The van der Waals surface area contributed by atoms with E-state index in [1.54, 1.807) is 0 Å². The van der Waals surface area contributed by atoms with Crippen LogP contribution in [-0.2, 0) is 6.18 Å². The normalized spacial score (nSPS) is 11.6. The van der Waals surface area contributed by atoms with Crippen LogP contribution in [0.25, 0.3) is 11.1 Å². The van der Waals surface area contributed by atoms with Gasteiger partial charge in [-0.3, -0.25) is 0 Å². The van der Waals surface area contributed by atoms with Crippen LogP contribution < -0.4 is 0 Å². The third kappa shape index (κ3) is 2.30. The second-order valence-electron chi connectivity index (χ2n) is 3.71. The Labute approximate surface area is 100 Å². The van der Waals surface area contributed by atoms with E-state index in [1.165, 1.54) is 18.2 Å². The lowest BCUT2D eigenvalue weighted by atomic mass is 9.99. The van der Waals surface area contributed by atoms with E-state index in [2.05, 4.69) is 0 Å². The highest BCUT2D eigenvalue weighted by Crippen LogP contribution is 2.38. The van der Waals surface area contributed by atoms with Gasteiger partial charge in [-0.2, -0.15) is 13.2 Å². The van der Waals surface area contributed by atoms with Gasteiger partial charge in [0.1, 0.15) is 11.6 Å². The van der Waals surface area contributed by atoms with Gasteiger partial charge in [0.05, 0.1) is 5.56 Å². The Bertz CT molecular complexity index is 575. The standard InChI is InChI=1S/C13H8F4O/c14-12-7-8(18)5-6-10(12)9-3-1-2-4-11(9)13(15,16)17/h1-7,18H. The zero-order chi connectivity index (χ0) is 13.3. The molecule has 0 spiro atoms. The minimum absolute atomic E-state index is 0.194. The highest BCUT2D eigenvalue weighted by atomic mass is 19.4. The van der Waals surface area contributed by atoms with Crippen LogP contribution in [0.1, 0.15) is 5.56 Å². The van der Waals surface area contributed by atoms with E-state index >= 15 is 0 Å². The quantitative estimate of drug-likeness (QED) is 0.757. The number of aromatic hydroxyl groups is 1. The summed E-state index contributed by atoms with van der Waals surface area (Å²) in [6.45, 7) is 0. The van der Waals surface area contributed by atoms with Crippen LogP contribution in [0.2, 0.25) is 0 Å². The van der Waals surface area contributed by atoms with Crippen molar-refractivity contribution in [1.29, 1.82) is 0 Å². The van der Waals surface area contributed by atoms with Gasteiger partial charge in [-0.1, -0.05) is 18.2 Å². The van der Waals surface area contributed by atoms with Gasteiger partial charge in [-0.15, -0.1) is 0 Å². The molecule has 1 nitrogen and oxygen atoms in total. The lowest BCUT2D eigenvalue weighted by Crippen LogP contribution is -2.07. The summed E-state index contributed by atoms with van der Waals surface area (Å²) in [5.41, 5.74) is -1.35. The number of phenols is 1. The van der Waals surface area contributed by atoms with Gasteiger partial charge in [0.15, 0.2) is 0 Å². The molecule has 0 aromatic heterocycles. The molecule has 0 radical (unpaired) electrons. The molecule has 2 aromatic rings. The van der Waals surface area contributed by atoms with Crippen molar-refractivity contribution in [3.63, 3.8) is 0 Å². The molecule has 0 bridgehead atoms. The van der Waals surface area contributed by atoms with Crippen molar-refractivity contribution in [3.8, 4) is 16.9 Å².